The highest BCUT2D eigenvalue weighted by Crippen LogP contribution is 2.27. The normalized spacial score (nSPS) is 14.0. The van der Waals surface area contributed by atoms with Crippen LogP contribution in [0.25, 0.3) is 0 Å². The molecule has 0 aromatic carbocycles. The molecular formula is C28H56. The van der Waals surface area contributed by atoms with E-state index in [1.165, 1.54) is 128 Å². The zero-order chi connectivity index (χ0) is 20.7. The number of unbranched alkanes of at least 4 members (excludes halogenated alkanes) is 14. The molecule has 0 spiro atoms. The largest absolute Gasteiger partial charge is 0.0885 e. The molecule has 168 valence electrons. The molecule has 0 heterocycles. The second-order valence-corrected chi connectivity index (χ2v) is 9.37. The third kappa shape index (κ3) is 19.1. The molecule has 2 atom stereocenters. The van der Waals surface area contributed by atoms with E-state index >= 15 is 0 Å². The maximum atomic E-state index is 2.49. The van der Waals surface area contributed by atoms with Crippen LogP contribution in [-0.4, -0.2) is 0 Å². The van der Waals surface area contributed by atoms with Crippen LogP contribution in [0.15, 0.2) is 12.2 Å². The van der Waals surface area contributed by atoms with Crippen molar-refractivity contribution in [3.8, 4) is 0 Å². The van der Waals surface area contributed by atoms with Gasteiger partial charge in [-0.25, -0.2) is 0 Å². The predicted molar refractivity (Wildman–Crippen MR) is 131 cm³/mol. The van der Waals surface area contributed by atoms with Crippen LogP contribution in [0.3, 0.4) is 0 Å². The van der Waals surface area contributed by atoms with Crippen LogP contribution in [0.4, 0.5) is 0 Å². The van der Waals surface area contributed by atoms with E-state index in [1.54, 1.807) is 0 Å². The maximum Gasteiger partial charge on any atom is -0.0351 e. The highest BCUT2D eigenvalue weighted by atomic mass is 14.2. The minimum atomic E-state index is 0.914. The molecule has 2 unspecified atom stereocenters. The predicted octanol–water partition coefficient (Wildman–Crippen LogP) is 10.7. The molecule has 0 rings (SSSR count). The van der Waals surface area contributed by atoms with Crippen LogP contribution in [0.1, 0.15) is 156 Å². The zero-order valence-electron chi connectivity index (χ0n) is 20.5. The van der Waals surface area contributed by atoms with Crippen LogP contribution >= 0.6 is 0 Å². The zero-order valence-corrected chi connectivity index (χ0v) is 20.5. The SMILES string of the molecule is CCCCCCCCC=CCCCC(CCCCCCCCCC)C(C)CC. The molecule has 0 aliphatic heterocycles. The van der Waals surface area contributed by atoms with Gasteiger partial charge in [-0.15, -0.1) is 0 Å². The van der Waals surface area contributed by atoms with E-state index in [0.717, 1.165) is 11.8 Å². The molecular weight excluding hydrogens is 336 g/mol. The van der Waals surface area contributed by atoms with E-state index < -0.39 is 0 Å². The van der Waals surface area contributed by atoms with E-state index in [0.29, 0.717) is 0 Å². The van der Waals surface area contributed by atoms with Gasteiger partial charge in [-0.3, -0.25) is 0 Å². The molecule has 0 aromatic heterocycles. The molecule has 0 aliphatic carbocycles. The number of allylic oxidation sites excluding steroid dienone is 2. The molecule has 0 saturated carbocycles. The Morgan fingerprint density at radius 3 is 1.46 bits per heavy atom. The van der Waals surface area contributed by atoms with E-state index in [4.69, 9.17) is 0 Å². The van der Waals surface area contributed by atoms with Gasteiger partial charge in [-0.2, -0.15) is 0 Å². The Balaban J connectivity index is 3.68. The first-order chi connectivity index (χ1) is 13.8. The van der Waals surface area contributed by atoms with Crippen molar-refractivity contribution >= 4 is 0 Å². The van der Waals surface area contributed by atoms with Crippen molar-refractivity contribution in [2.45, 2.75) is 156 Å². The van der Waals surface area contributed by atoms with E-state index in [2.05, 4.69) is 39.8 Å². The van der Waals surface area contributed by atoms with Gasteiger partial charge >= 0.3 is 0 Å². The van der Waals surface area contributed by atoms with Gasteiger partial charge in [0.1, 0.15) is 0 Å². The Hall–Kier alpha value is -0.260. The summed E-state index contributed by atoms with van der Waals surface area (Å²) in [5, 5.41) is 0. The Labute approximate surface area is 180 Å². The summed E-state index contributed by atoms with van der Waals surface area (Å²) in [5.74, 6) is 1.88. The van der Waals surface area contributed by atoms with Gasteiger partial charge < -0.3 is 0 Å². The molecule has 0 aromatic rings. The molecule has 0 amide bonds. The van der Waals surface area contributed by atoms with Gasteiger partial charge in [0, 0.05) is 0 Å². The first-order valence-corrected chi connectivity index (χ1v) is 13.4. The summed E-state index contributed by atoms with van der Waals surface area (Å²) in [6.07, 6.45) is 33.3. The summed E-state index contributed by atoms with van der Waals surface area (Å²) < 4.78 is 0. The number of rotatable bonds is 22. The average Bonchev–Trinajstić information content (AvgIpc) is 2.71. The van der Waals surface area contributed by atoms with Gasteiger partial charge in [-0.05, 0) is 43.9 Å². The fourth-order valence-corrected chi connectivity index (χ4v) is 4.36. The van der Waals surface area contributed by atoms with Gasteiger partial charge in [0.2, 0.25) is 0 Å². The Kier molecular flexibility index (Phi) is 22.8. The fourth-order valence-electron chi connectivity index (χ4n) is 4.36. The van der Waals surface area contributed by atoms with Crippen LogP contribution in [0.2, 0.25) is 0 Å². The van der Waals surface area contributed by atoms with E-state index in [-0.39, 0.29) is 0 Å². The maximum absolute atomic E-state index is 2.49. The lowest BCUT2D eigenvalue weighted by molar-refractivity contribution is 0.292. The minimum Gasteiger partial charge on any atom is -0.0885 e. The van der Waals surface area contributed by atoms with Gasteiger partial charge in [0.05, 0.1) is 0 Å². The molecule has 0 nitrogen and oxygen atoms in total. The van der Waals surface area contributed by atoms with Crippen LogP contribution in [0.5, 0.6) is 0 Å². The molecule has 0 heteroatoms. The van der Waals surface area contributed by atoms with Crippen molar-refractivity contribution in [1.82, 2.24) is 0 Å². The van der Waals surface area contributed by atoms with E-state index in [9.17, 15) is 0 Å². The van der Waals surface area contributed by atoms with Crippen molar-refractivity contribution in [3.63, 3.8) is 0 Å². The Morgan fingerprint density at radius 2 is 0.929 bits per heavy atom. The highest BCUT2D eigenvalue weighted by molar-refractivity contribution is 4.82. The summed E-state index contributed by atoms with van der Waals surface area (Å²) in [5.41, 5.74) is 0. The lowest BCUT2D eigenvalue weighted by Gasteiger charge is -2.23. The number of hydrogen-bond donors (Lipinski definition) is 0. The molecule has 28 heavy (non-hydrogen) atoms. The van der Waals surface area contributed by atoms with E-state index in [1.807, 2.05) is 0 Å². The molecule has 0 aliphatic rings. The van der Waals surface area contributed by atoms with Gasteiger partial charge in [0.25, 0.3) is 0 Å². The van der Waals surface area contributed by atoms with Crippen LogP contribution in [-0.2, 0) is 0 Å². The minimum absolute atomic E-state index is 0.914. The summed E-state index contributed by atoms with van der Waals surface area (Å²) in [6.45, 7) is 9.47. The number of hydrogen-bond acceptors (Lipinski definition) is 0. The molecule has 0 saturated heterocycles. The average molecular weight is 393 g/mol. The van der Waals surface area contributed by atoms with Crippen molar-refractivity contribution in [2.75, 3.05) is 0 Å². The second kappa shape index (κ2) is 23.0. The first-order valence-electron chi connectivity index (χ1n) is 13.4. The molecule has 0 radical (unpaired) electrons. The second-order valence-electron chi connectivity index (χ2n) is 9.37. The van der Waals surface area contributed by atoms with Crippen LogP contribution < -0.4 is 0 Å². The smallest absolute Gasteiger partial charge is 0.0351 e. The summed E-state index contributed by atoms with van der Waals surface area (Å²) in [7, 11) is 0. The third-order valence-electron chi connectivity index (χ3n) is 6.71. The lowest BCUT2D eigenvalue weighted by atomic mass is 9.83. The highest BCUT2D eigenvalue weighted by Gasteiger charge is 2.14. The van der Waals surface area contributed by atoms with Crippen molar-refractivity contribution in [2.24, 2.45) is 11.8 Å². The van der Waals surface area contributed by atoms with Gasteiger partial charge in [-0.1, -0.05) is 136 Å². The quantitative estimate of drug-likeness (QED) is 0.127. The summed E-state index contributed by atoms with van der Waals surface area (Å²) in [4.78, 5) is 0. The molecule has 0 N–H and O–H groups in total. The van der Waals surface area contributed by atoms with Crippen molar-refractivity contribution in [1.29, 1.82) is 0 Å². The van der Waals surface area contributed by atoms with Crippen LogP contribution in [0, 0.1) is 11.8 Å². The third-order valence-corrected chi connectivity index (χ3v) is 6.71. The lowest BCUT2D eigenvalue weighted by Crippen LogP contribution is -2.11. The van der Waals surface area contributed by atoms with Crippen molar-refractivity contribution in [3.05, 3.63) is 12.2 Å². The fraction of sp³-hybridized carbons (Fsp3) is 0.929. The first kappa shape index (κ1) is 27.7. The van der Waals surface area contributed by atoms with Crippen molar-refractivity contribution < 1.29 is 0 Å². The summed E-state index contributed by atoms with van der Waals surface area (Å²) in [6, 6.07) is 0. The monoisotopic (exact) mass is 392 g/mol. The molecule has 0 bridgehead atoms. The topological polar surface area (TPSA) is 0 Å². The standard InChI is InChI=1S/C28H56/c1-5-8-10-12-14-16-17-18-20-22-24-26-28(27(4)7-3)25-23-21-19-15-13-11-9-6-2/h18,20,27-28H,5-17,19,21-26H2,1-4H3. The Morgan fingerprint density at radius 1 is 0.500 bits per heavy atom. The molecule has 0 fully saturated rings. The summed E-state index contributed by atoms with van der Waals surface area (Å²) >= 11 is 0. The Bertz CT molecular complexity index is 303. The van der Waals surface area contributed by atoms with Gasteiger partial charge in [0.15, 0.2) is 0 Å².